The molecule has 102 valence electrons. The lowest BCUT2D eigenvalue weighted by atomic mass is 9.95. The summed E-state index contributed by atoms with van der Waals surface area (Å²) in [4.78, 5) is 0. The molecule has 1 aliphatic rings. The smallest absolute Gasteiger partial charge is 0.107 e. The van der Waals surface area contributed by atoms with Crippen molar-refractivity contribution >= 4 is 0 Å². The molecule has 0 aromatic carbocycles. The van der Waals surface area contributed by atoms with Crippen molar-refractivity contribution in [1.29, 1.82) is 0 Å². The third-order valence-electron chi connectivity index (χ3n) is 3.96. The summed E-state index contributed by atoms with van der Waals surface area (Å²) in [5.74, 6) is 2.49. The summed E-state index contributed by atoms with van der Waals surface area (Å²) in [6, 6.07) is 2.49. The average molecular weight is 251 g/mol. The van der Waals surface area contributed by atoms with Gasteiger partial charge in [0, 0.05) is 18.2 Å². The average Bonchev–Trinajstić information content (AvgIpc) is 3.05. The minimum Gasteiger partial charge on any atom is -0.466 e. The highest BCUT2D eigenvalue weighted by Crippen LogP contribution is 2.34. The lowest BCUT2D eigenvalue weighted by Crippen LogP contribution is -2.41. The third kappa shape index (κ3) is 2.96. The van der Waals surface area contributed by atoms with Crippen LogP contribution in [0, 0.1) is 19.8 Å². The summed E-state index contributed by atoms with van der Waals surface area (Å²) in [7, 11) is 0. The standard InChI is InChI=1S/C15H25NO2/c1-5-14(12-6-7-12)16-9-15(4,17)13-8-10(2)18-11(13)3/h8,12,14,16-17H,5-7,9H2,1-4H3. The molecule has 0 bridgehead atoms. The van der Waals surface area contributed by atoms with Crippen molar-refractivity contribution in [1.82, 2.24) is 5.32 Å². The Morgan fingerprint density at radius 3 is 2.61 bits per heavy atom. The van der Waals surface area contributed by atoms with Crippen LogP contribution in [0.25, 0.3) is 0 Å². The molecule has 0 spiro atoms. The molecule has 1 fully saturated rings. The summed E-state index contributed by atoms with van der Waals surface area (Å²) in [5.41, 5.74) is 0.0441. The van der Waals surface area contributed by atoms with Crippen molar-refractivity contribution < 1.29 is 9.52 Å². The van der Waals surface area contributed by atoms with Gasteiger partial charge in [-0.05, 0) is 52.0 Å². The number of nitrogens with one attached hydrogen (secondary N) is 1. The van der Waals surface area contributed by atoms with Gasteiger partial charge in [-0.2, -0.15) is 0 Å². The Bertz CT molecular complexity index is 405. The highest BCUT2D eigenvalue weighted by molar-refractivity contribution is 5.26. The predicted octanol–water partition coefficient (Wildman–Crippen LogP) is 2.88. The number of aryl methyl sites for hydroxylation is 2. The Balaban J connectivity index is 1.99. The Labute approximate surface area is 110 Å². The Morgan fingerprint density at radius 1 is 1.50 bits per heavy atom. The largest absolute Gasteiger partial charge is 0.466 e. The van der Waals surface area contributed by atoms with Gasteiger partial charge in [-0.1, -0.05) is 6.92 Å². The summed E-state index contributed by atoms with van der Waals surface area (Å²) in [6.45, 7) is 8.48. The lowest BCUT2D eigenvalue weighted by molar-refractivity contribution is 0.0513. The molecule has 2 rings (SSSR count). The van der Waals surface area contributed by atoms with Crippen molar-refractivity contribution in [2.75, 3.05) is 6.54 Å². The molecule has 0 amide bonds. The van der Waals surface area contributed by atoms with E-state index in [9.17, 15) is 5.11 Å². The first-order valence-corrected chi connectivity index (χ1v) is 6.97. The fourth-order valence-electron chi connectivity index (χ4n) is 2.73. The van der Waals surface area contributed by atoms with E-state index in [1.165, 1.54) is 12.8 Å². The molecule has 0 radical (unpaired) electrons. The summed E-state index contributed by atoms with van der Waals surface area (Å²) in [5, 5.41) is 14.1. The molecule has 0 saturated heterocycles. The summed E-state index contributed by atoms with van der Waals surface area (Å²) < 4.78 is 5.51. The van der Waals surface area contributed by atoms with Gasteiger partial charge in [0.15, 0.2) is 0 Å². The zero-order valence-corrected chi connectivity index (χ0v) is 11.9. The van der Waals surface area contributed by atoms with Crippen LogP contribution in [-0.2, 0) is 5.60 Å². The molecule has 2 N–H and O–H groups in total. The van der Waals surface area contributed by atoms with E-state index >= 15 is 0 Å². The molecule has 1 heterocycles. The molecule has 2 atom stereocenters. The van der Waals surface area contributed by atoms with Crippen molar-refractivity contribution in [3.05, 3.63) is 23.2 Å². The second-order valence-corrected chi connectivity index (χ2v) is 5.83. The van der Waals surface area contributed by atoms with Gasteiger partial charge in [-0.3, -0.25) is 0 Å². The first kappa shape index (κ1) is 13.6. The van der Waals surface area contributed by atoms with Crippen molar-refractivity contribution in [2.24, 2.45) is 5.92 Å². The highest BCUT2D eigenvalue weighted by atomic mass is 16.3. The normalized spacial score (nSPS) is 20.7. The summed E-state index contributed by atoms with van der Waals surface area (Å²) in [6.07, 6.45) is 3.79. The van der Waals surface area contributed by atoms with Crippen molar-refractivity contribution in [3.63, 3.8) is 0 Å². The number of furan rings is 1. The van der Waals surface area contributed by atoms with E-state index < -0.39 is 5.60 Å². The van der Waals surface area contributed by atoms with E-state index in [4.69, 9.17) is 4.42 Å². The fraction of sp³-hybridized carbons (Fsp3) is 0.733. The molecule has 3 heteroatoms. The van der Waals surface area contributed by atoms with Gasteiger partial charge < -0.3 is 14.8 Å². The second-order valence-electron chi connectivity index (χ2n) is 5.83. The van der Waals surface area contributed by atoms with Gasteiger partial charge in [0.25, 0.3) is 0 Å². The van der Waals surface area contributed by atoms with Crippen LogP contribution in [-0.4, -0.2) is 17.7 Å². The van der Waals surface area contributed by atoms with E-state index in [2.05, 4.69) is 12.2 Å². The van der Waals surface area contributed by atoms with E-state index in [1.807, 2.05) is 26.8 Å². The lowest BCUT2D eigenvalue weighted by Gasteiger charge is -2.26. The van der Waals surface area contributed by atoms with Gasteiger partial charge in [-0.25, -0.2) is 0 Å². The number of hydrogen-bond donors (Lipinski definition) is 2. The molecule has 1 aromatic rings. The Hall–Kier alpha value is -0.800. The van der Waals surface area contributed by atoms with Crippen LogP contribution >= 0.6 is 0 Å². The number of rotatable bonds is 6. The van der Waals surface area contributed by atoms with E-state index in [-0.39, 0.29) is 0 Å². The quantitative estimate of drug-likeness (QED) is 0.817. The van der Waals surface area contributed by atoms with Gasteiger partial charge in [-0.15, -0.1) is 0 Å². The minimum atomic E-state index is -0.857. The zero-order valence-electron chi connectivity index (χ0n) is 11.9. The first-order chi connectivity index (χ1) is 8.44. The fourth-order valence-corrected chi connectivity index (χ4v) is 2.73. The highest BCUT2D eigenvalue weighted by Gasteiger charge is 2.33. The second kappa shape index (κ2) is 5.06. The molecular formula is C15H25NO2. The van der Waals surface area contributed by atoms with Crippen LogP contribution < -0.4 is 5.32 Å². The van der Waals surface area contributed by atoms with Crippen LogP contribution in [0.3, 0.4) is 0 Å². The predicted molar refractivity (Wildman–Crippen MR) is 72.6 cm³/mol. The maximum atomic E-state index is 10.6. The summed E-state index contributed by atoms with van der Waals surface area (Å²) >= 11 is 0. The molecule has 18 heavy (non-hydrogen) atoms. The molecule has 0 aliphatic heterocycles. The van der Waals surface area contributed by atoms with Crippen LogP contribution in [0.2, 0.25) is 0 Å². The molecule has 1 saturated carbocycles. The number of hydrogen-bond acceptors (Lipinski definition) is 3. The Morgan fingerprint density at radius 2 is 2.17 bits per heavy atom. The van der Waals surface area contributed by atoms with Crippen LogP contribution in [0.1, 0.15) is 50.2 Å². The molecule has 2 unspecified atom stereocenters. The van der Waals surface area contributed by atoms with Crippen molar-refractivity contribution in [2.45, 2.75) is 58.6 Å². The van der Waals surface area contributed by atoms with E-state index in [0.29, 0.717) is 12.6 Å². The van der Waals surface area contributed by atoms with Gasteiger partial charge in [0.2, 0.25) is 0 Å². The minimum absolute atomic E-state index is 0.546. The van der Waals surface area contributed by atoms with E-state index in [1.54, 1.807) is 0 Å². The number of aliphatic hydroxyl groups is 1. The zero-order chi connectivity index (χ0) is 13.3. The maximum absolute atomic E-state index is 10.6. The molecule has 3 nitrogen and oxygen atoms in total. The van der Waals surface area contributed by atoms with Crippen LogP contribution in [0.5, 0.6) is 0 Å². The van der Waals surface area contributed by atoms with Crippen LogP contribution in [0.15, 0.2) is 10.5 Å². The Kier molecular flexibility index (Phi) is 3.83. The molecule has 1 aromatic heterocycles. The monoisotopic (exact) mass is 251 g/mol. The van der Waals surface area contributed by atoms with Gasteiger partial charge in [0.1, 0.15) is 17.1 Å². The topological polar surface area (TPSA) is 45.4 Å². The first-order valence-electron chi connectivity index (χ1n) is 6.97. The van der Waals surface area contributed by atoms with Gasteiger partial charge >= 0.3 is 0 Å². The maximum Gasteiger partial charge on any atom is 0.107 e. The molecular weight excluding hydrogens is 226 g/mol. The van der Waals surface area contributed by atoms with Crippen LogP contribution in [0.4, 0.5) is 0 Å². The third-order valence-corrected chi connectivity index (χ3v) is 3.96. The molecule has 1 aliphatic carbocycles. The SMILES string of the molecule is CCC(NCC(C)(O)c1cc(C)oc1C)C1CC1. The van der Waals surface area contributed by atoms with Crippen molar-refractivity contribution in [3.8, 4) is 0 Å². The van der Waals surface area contributed by atoms with Gasteiger partial charge in [0.05, 0.1) is 0 Å². The van der Waals surface area contributed by atoms with E-state index in [0.717, 1.165) is 29.4 Å².